The zero-order valence-corrected chi connectivity index (χ0v) is 7.60. The molecule has 1 rings (SSSR count). The lowest BCUT2D eigenvalue weighted by atomic mass is 10.3. The lowest BCUT2D eigenvalue weighted by molar-refractivity contribution is 0.306. The summed E-state index contributed by atoms with van der Waals surface area (Å²) in [5.41, 5.74) is 4.78. The van der Waals surface area contributed by atoms with Gasteiger partial charge in [-0.15, -0.1) is 0 Å². The molecule has 4 heteroatoms. The molecule has 0 atom stereocenters. The van der Waals surface area contributed by atoms with Gasteiger partial charge in [0, 0.05) is 6.54 Å². The second-order valence-corrected chi connectivity index (χ2v) is 2.18. The predicted molar refractivity (Wildman–Crippen MR) is 50.8 cm³/mol. The first-order valence-corrected chi connectivity index (χ1v) is 3.89. The molecule has 0 heterocycles. The highest BCUT2D eigenvalue weighted by Gasteiger charge is 1.94. The molecule has 0 aliphatic rings. The van der Waals surface area contributed by atoms with Crippen LogP contribution in [-0.4, -0.2) is 30.5 Å². The summed E-state index contributed by atoms with van der Waals surface area (Å²) < 4.78 is 4.79. The van der Waals surface area contributed by atoms with Gasteiger partial charge in [-0.2, -0.15) is 0 Å². The van der Waals surface area contributed by atoms with Crippen LogP contribution in [0.5, 0.6) is 11.5 Å². The number of phenolic OH excluding ortho intramolecular Hbond substituents is 1. The number of para-hydroxylation sites is 2. The van der Waals surface area contributed by atoms with E-state index in [1.165, 1.54) is 7.11 Å². The molecule has 0 fully saturated rings. The zero-order chi connectivity index (χ0) is 10.1. The molecule has 0 saturated carbocycles. The summed E-state index contributed by atoms with van der Waals surface area (Å²) in [6, 6.07) is 6.84. The smallest absolute Gasteiger partial charge is 0.160 e. The van der Waals surface area contributed by atoms with E-state index in [4.69, 9.17) is 20.7 Å². The molecule has 1 aromatic rings. The molecule has 0 aliphatic heterocycles. The number of ether oxygens (including phenoxy) is 1. The topological polar surface area (TPSA) is 75.7 Å². The van der Waals surface area contributed by atoms with Crippen molar-refractivity contribution in [2.75, 3.05) is 20.3 Å². The summed E-state index contributed by atoms with van der Waals surface area (Å²) in [7, 11) is 1.52. The summed E-state index contributed by atoms with van der Waals surface area (Å²) in [5, 5.41) is 16.7. The Bertz CT molecular complexity index is 226. The fraction of sp³-hybridized carbons (Fsp3) is 0.333. The van der Waals surface area contributed by atoms with Crippen molar-refractivity contribution < 1.29 is 14.9 Å². The van der Waals surface area contributed by atoms with Crippen LogP contribution < -0.4 is 10.5 Å². The Kier molecular flexibility index (Phi) is 6.68. The van der Waals surface area contributed by atoms with E-state index >= 15 is 0 Å². The van der Waals surface area contributed by atoms with Crippen molar-refractivity contribution in [3.8, 4) is 11.5 Å². The van der Waals surface area contributed by atoms with Crippen molar-refractivity contribution >= 4 is 0 Å². The Morgan fingerprint density at radius 2 is 1.92 bits per heavy atom. The van der Waals surface area contributed by atoms with Crippen molar-refractivity contribution in [1.82, 2.24) is 0 Å². The van der Waals surface area contributed by atoms with E-state index < -0.39 is 0 Å². The summed E-state index contributed by atoms with van der Waals surface area (Å²) in [6.45, 7) is 0.472. The van der Waals surface area contributed by atoms with E-state index in [0.29, 0.717) is 12.3 Å². The Balaban J connectivity index is 0.000000310. The maximum atomic E-state index is 8.99. The highest BCUT2D eigenvalue weighted by atomic mass is 16.5. The van der Waals surface area contributed by atoms with Gasteiger partial charge in [0.05, 0.1) is 13.7 Å². The Morgan fingerprint density at radius 1 is 1.38 bits per heavy atom. The van der Waals surface area contributed by atoms with Gasteiger partial charge < -0.3 is 20.7 Å². The molecule has 0 bridgehead atoms. The molecule has 0 spiro atoms. The van der Waals surface area contributed by atoms with E-state index in [2.05, 4.69) is 0 Å². The number of phenols is 1. The van der Waals surface area contributed by atoms with Crippen LogP contribution in [-0.2, 0) is 0 Å². The van der Waals surface area contributed by atoms with Crippen LogP contribution in [0, 0.1) is 0 Å². The Labute approximate surface area is 77.6 Å². The minimum absolute atomic E-state index is 0.0972. The monoisotopic (exact) mass is 185 g/mol. The Hall–Kier alpha value is -1.26. The quantitative estimate of drug-likeness (QED) is 0.621. The van der Waals surface area contributed by atoms with E-state index in [-0.39, 0.29) is 12.4 Å². The van der Waals surface area contributed by atoms with Gasteiger partial charge >= 0.3 is 0 Å². The predicted octanol–water partition coefficient (Wildman–Crippen LogP) is 0.338. The zero-order valence-electron chi connectivity index (χ0n) is 7.60. The molecule has 0 radical (unpaired) electrons. The number of hydrogen-bond acceptors (Lipinski definition) is 4. The number of aliphatic hydroxyl groups is 1. The highest BCUT2D eigenvalue weighted by molar-refractivity contribution is 5.37. The maximum absolute atomic E-state index is 8.99. The van der Waals surface area contributed by atoms with Crippen molar-refractivity contribution in [3.63, 3.8) is 0 Å². The number of rotatable bonds is 2. The number of methoxy groups -OCH3 is 1. The highest BCUT2D eigenvalue weighted by Crippen LogP contribution is 2.22. The van der Waals surface area contributed by atoms with Gasteiger partial charge in [-0.1, -0.05) is 12.1 Å². The van der Waals surface area contributed by atoms with Crippen LogP contribution in [0.15, 0.2) is 24.3 Å². The van der Waals surface area contributed by atoms with Crippen molar-refractivity contribution in [1.29, 1.82) is 0 Å². The van der Waals surface area contributed by atoms with E-state index in [1.807, 2.05) is 0 Å². The van der Waals surface area contributed by atoms with Gasteiger partial charge in [-0.05, 0) is 12.1 Å². The molecule has 0 unspecified atom stereocenters. The first-order chi connectivity index (χ1) is 6.26. The van der Waals surface area contributed by atoms with Crippen molar-refractivity contribution in [2.45, 2.75) is 0 Å². The molecule has 0 aromatic heterocycles. The summed E-state index contributed by atoms with van der Waals surface area (Å²) in [4.78, 5) is 0. The normalized spacial score (nSPS) is 8.54. The van der Waals surface area contributed by atoms with Gasteiger partial charge in [0.25, 0.3) is 0 Å². The first-order valence-electron chi connectivity index (χ1n) is 3.89. The molecule has 74 valence electrons. The minimum Gasteiger partial charge on any atom is -0.504 e. The van der Waals surface area contributed by atoms with Crippen molar-refractivity contribution in [3.05, 3.63) is 24.3 Å². The number of hydrogen-bond donors (Lipinski definition) is 3. The van der Waals surface area contributed by atoms with Crippen LogP contribution in [0.1, 0.15) is 0 Å². The van der Waals surface area contributed by atoms with Crippen molar-refractivity contribution in [2.24, 2.45) is 5.73 Å². The number of aliphatic hydroxyl groups excluding tert-OH is 1. The molecule has 0 aliphatic carbocycles. The van der Waals surface area contributed by atoms with Crippen LogP contribution in [0.2, 0.25) is 0 Å². The van der Waals surface area contributed by atoms with E-state index in [0.717, 1.165) is 0 Å². The minimum atomic E-state index is 0.0972. The average Bonchev–Trinajstić information content (AvgIpc) is 2.19. The fourth-order valence-electron chi connectivity index (χ4n) is 0.630. The van der Waals surface area contributed by atoms with Gasteiger partial charge in [0.15, 0.2) is 11.5 Å². The SMILES string of the molecule is COc1ccccc1O.NCCO. The van der Waals surface area contributed by atoms with Crippen LogP contribution in [0.3, 0.4) is 0 Å². The third-order valence-corrected chi connectivity index (χ3v) is 1.21. The molecule has 13 heavy (non-hydrogen) atoms. The average molecular weight is 185 g/mol. The molecule has 1 aromatic carbocycles. The summed E-state index contributed by atoms with van der Waals surface area (Å²) >= 11 is 0. The lowest BCUT2D eigenvalue weighted by Crippen LogP contribution is -2.02. The van der Waals surface area contributed by atoms with Crippen LogP contribution in [0.4, 0.5) is 0 Å². The standard InChI is InChI=1S/C7H8O2.C2H7NO/c1-9-7-5-3-2-4-6(7)8;3-1-2-4/h2-5,8H,1H3;4H,1-3H2. The molecule has 0 saturated heterocycles. The molecule has 0 amide bonds. The Morgan fingerprint density at radius 3 is 2.23 bits per heavy atom. The van der Waals surface area contributed by atoms with E-state index in [9.17, 15) is 0 Å². The lowest BCUT2D eigenvalue weighted by Gasteiger charge is -1.99. The summed E-state index contributed by atoms with van der Waals surface area (Å²) in [5.74, 6) is 0.692. The molecular weight excluding hydrogens is 170 g/mol. The van der Waals surface area contributed by atoms with Crippen LogP contribution >= 0.6 is 0 Å². The number of nitrogens with two attached hydrogens (primary N) is 1. The van der Waals surface area contributed by atoms with E-state index in [1.54, 1.807) is 24.3 Å². The second kappa shape index (κ2) is 7.39. The van der Waals surface area contributed by atoms with Gasteiger partial charge in [-0.25, -0.2) is 0 Å². The second-order valence-electron chi connectivity index (χ2n) is 2.18. The molecule has 4 nitrogen and oxygen atoms in total. The first kappa shape index (κ1) is 11.7. The van der Waals surface area contributed by atoms with Gasteiger partial charge in [0.1, 0.15) is 0 Å². The van der Waals surface area contributed by atoms with Gasteiger partial charge in [0.2, 0.25) is 0 Å². The third-order valence-electron chi connectivity index (χ3n) is 1.21. The summed E-state index contributed by atoms with van der Waals surface area (Å²) in [6.07, 6.45) is 0. The maximum Gasteiger partial charge on any atom is 0.160 e. The molecule has 4 N–H and O–H groups in total. The molecular formula is C9H15NO3. The van der Waals surface area contributed by atoms with Crippen LogP contribution in [0.25, 0.3) is 0 Å². The van der Waals surface area contributed by atoms with Gasteiger partial charge in [-0.3, -0.25) is 0 Å². The fourth-order valence-corrected chi connectivity index (χ4v) is 0.630. The largest absolute Gasteiger partial charge is 0.504 e. The number of aromatic hydroxyl groups is 1. The number of benzene rings is 1. The third kappa shape index (κ3) is 5.05.